The maximum Gasteiger partial charge on any atom is 0.252 e. The summed E-state index contributed by atoms with van der Waals surface area (Å²) in [5, 5.41) is 2.31. The van der Waals surface area contributed by atoms with Crippen LogP contribution in [0.1, 0.15) is 220 Å². The Morgan fingerprint density at radius 2 is 0.943 bits per heavy atom. The van der Waals surface area contributed by atoms with Crippen LogP contribution in [0.25, 0.3) is 33.1 Å². The maximum absolute atomic E-state index is 6.91. The lowest BCUT2D eigenvalue weighted by molar-refractivity contribution is 0.195. The number of fused-ring (bicyclic) bond motifs is 13. The van der Waals surface area contributed by atoms with Gasteiger partial charge in [0.15, 0.2) is 0 Å². The van der Waals surface area contributed by atoms with Crippen LogP contribution >= 0.6 is 0 Å². The van der Waals surface area contributed by atoms with Crippen molar-refractivity contribution < 1.29 is 4.42 Å². The molecule has 4 heterocycles. The molecule has 3 aliphatic heterocycles. The second-order valence-corrected chi connectivity index (χ2v) is 34.1. The van der Waals surface area contributed by atoms with Crippen molar-refractivity contribution in [3.63, 3.8) is 0 Å². The molecule has 9 aromatic rings. The number of rotatable bonds is 4. The third-order valence-corrected chi connectivity index (χ3v) is 24.7. The van der Waals surface area contributed by atoms with Crippen LogP contribution in [0.3, 0.4) is 0 Å². The van der Waals surface area contributed by atoms with Crippen molar-refractivity contribution in [2.45, 2.75) is 224 Å². The minimum Gasteiger partial charge on any atom is -0.456 e. The Labute approximate surface area is 526 Å². The van der Waals surface area contributed by atoms with Gasteiger partial charge in [-0.1, -0.05) is 196 Å². The number of furan rings is 1. The Balaban J connectivity index is 1.05. The summed E-state index contributed by atoms with van der Waals surface area (Å²) >= 11 is 0. The Hall–Kier alpha value is -6.98. The van der Waals surface area contributed by atoms with E-state index in [1.807, 2.05) is 0 Å². The summed E-state index contributed by atoms with van der Waals surface area (Å²) in [6.45, 7) is 42.2. The molecule has 1 saturated carbocycles. The Morgan fingerprint density at radius 3 is 1.60 bits per heavy atom. The molecular weight excluding hydrogens is 1070 g/mol. The fraction of sp³-hybridized carbons (Fsp3) is 0.422. The van der Waals surface area contributed by atoms with E-state index in [4.69, 9.17) is 4.42 Å². The molecule has 2 unspecified atom stereocenters. The summed E-state index contributed by atoms with van der Waals surface area (Å²) in [6.07, 6.45) is 10.4. The standard InChI is InChI=1S/C83H92BN3O/c1-75(2,3)52-30-27-50(28-31-52)51-29-34-65-62(41-51)82(16)35-20-21-36-83(82,17)87(65)54-43-69-74-70(44-54)86(66-24-22-26-72-73(66)55-23-18-19-25-71(55)88-72)68-48-61-59(80(12,13)49-81(61,14)15)46-64(68)84(74)63-45-58-60(79(10,11)40-39-78(58,8)9)47-67(63)85(69)53-32-33-56-57(42-53)77(6,7)38-37-76(56,4)5/h18-19,22-34,41-48H,20-21,35-40,49H2,1-17H3. The lowest BCUT2D eigenvalue weighted by atomic mass is 9.33. The molecule has 448 valence electrons. The van der Waals surface area contributed by atoms with Gasteiger partial charge in [0.1, 0.15) is 11.2 Å². The van der Waals surface area contributed by atoms with Crippen molar-refractivity contribution >= 4 is 90.5 Å². The summed E-state index contributed by atoms with van der Waals surface area (Å²) in [4.78, 5) is 8.42. The average Bonchev–Trinajstić information content (AvgIpc) is 1.16. The van der Waals surface area contributed by atoms with Crippen molar-refractivity contribution in [1.82, 2.24) is 0 Å². The minimum atomic E-state index is -0.217. The first kappa shape index (κ1) is 56.3. The van der Waals surface area contributed by atoms with Crippen molar-refractivity contribution in [2.75, 3.05) is 14.7 Å². The van der Waals surface area contributed by atoms with E-state index in [9.17, 15) is 0 Å². The van der Waals surface area contributed by atoms with Gasteiger partial charge in [0, 0.05) is 50.6 Å². The van der Waals surface area contributed by atoms with E-state index in [-0.39, 0.29) is 55.6 Å². The highest BCUT2D eigenvalue weighted by Crippen LogP contribution is 2.63. The first-order valence-electron chi connectivity index (χ1n) is 33.7. The quantitative estimate of drug-likeness (QED) is 0.164. The summed E-state index contributed by atoms with van der Waals surface area (Å²) in [5.41, 5.74) is 30.5. The number of hydrogen-bond acceptors (Lipinski definition) is 4. The molecule has 8 aromatic carbocycles. The lowest BCUT2D eigenvalue weighted by Crippen LogP contribution is -2.62. The topological polar surface area (TPSA) is 22.9 Å². The van der Waals surface area contributed by atoms with Crippen LogP contribution in [-0.4, -0.2) is 12.3 Å². The molecule has 0 amide bonds. The van der Waals surface area contributed by atoms with E-state index in [0.29, 0.717) is 0 Å². The van der Waals surface area contributed by atoms with Crippen LogP contribution in [0.15, 0.2) is 144 Å². The van der Waals surface area contributed by atoms with Crippen LogP contribution < -0.4 is 31.1 Å². The molecule has 88 heavy (non-hydrogen) atoms. The van der Waals surface area contributed by atoms with Crippen molar-refractivity contribution in [1.29, 1.82) is 0 Å². The largest absolute Gasteiger partial charge is 0.456 e. The molecule has 4 nitrogen and oxygen atoms in total. The summed E-state index contributed by atoms with van der Waals surface area (Å²) < 4.78 is 6.91. The molecule has 2 atom stereocenters. The molecule has 16 rings (SSSR count). The zero-order chi connectivity index (χ0) is 61.6. The molecule has 0 radical (unpaired) electrons. The van der Waals surface area contributed by atoms with Crippen LogP contribution in [0.2, 0.25) is 0 Å². The Bertz CT molecular complexity index is 4480. The summed E-state index contributed by atoms with van der Waals surface area (Å²) in [5.74, 6) is 0. The van der Waals surface area contributed by atoms with Gasteiger partial charge in [-0.15, -0.1) is 0 Å². The van der Waals surface area contributed by atoms with Gasteiger partial charge in [0.25, 0.3) is 6.71 Å². The van der Waals surface area contributed by atoms with E-state index >= 15 is 0 Å². The van der Waals surface area contributed by atoms with Crippen LogP contribution in [0.5, 0.6) is 0 Å². The monoisotopic (exact) mass is 1160 g/mol. The number of nitrogens with zero attached hydrogens (tertiary/aromatic N) is 3. The van der Waals surface area contributed by atoms with Crippen molar-refractivity contribution in [3.8, 4) is 11.1 Å². The van der Waals surface area contributed by atoms with Gasteiger partial charge >= 0.3 is 0 Å². The summed E-state index contributed by atoms with van der Waals surface area (Å²) in [7, 11) is 0. The van der Waals surface area contributed by atoms with Gasteiger partial charge in [-0.25, -0.2) is 0 Å². The van der Waals surface area contributed by atoms with Gasteiger partial charge < -0.3 is 19.1 Å². The van der Waals surface area contributed by atoms with E-state index in [1.54, 1.807) is 0 Å². The highest BCUT2D eigenvalue weighted by Gasteiger charge is 2.59. The number of para-hydroxylation sites is 1. The maximum atomic E-state index is 6.91. The Kier molecular flexibility index (Phi) is 11.5. The fourth-order valence-electron chi connectivity index (χ4n) is 19.3. The van der Waals surface area contributed by atoms with Crippen LogP contribution in [-0.2, 0) is 43.3 Å². The highest BCUT2D eigenvalue weighted by molar-refractivity contribution is 7.00. The number of benzene rings is 8. The zero-order valence-electron chi connectivity index (χ0n) is 56.0. The predicted octanol–water partition coefficient (Wildman–Crippen LogP) is 21.0. The van der Waals surface area contributed by atoms with Crippen molar-refractivity contribution in [2.24, 2.45) is 0 Å². The van der Waals surface area contributed by atoms with Crippen LogP contribution in [0.4, 0.5) is 45.5 Å². The average molecular weight is 1160 g/mol. The molecule has 0 saturated heterocycles. The third-order valence-electron chi connectivity index (χ3n) is 24.7. The molecule has 7 aliphatic rings. The van der Waals surface area contributed by atoms with E-state index in [1.165, 1.54) is 131 Å². The first-order chi connectivity index (χ1) is 41.4. The first-order valence-corrected chi connectivity index (χ1v) is 33.7. The molecule has 4 aliphatic carbocycles. The van der Waals surface area contributed by atoms with Gasteiger partial charge in [-0.05, 0) is 229 Å². The van der Waals surface area contributed by atoms with Gasteiger partial charge in [-0.3, -0.25) is 0 Å². The molecule has 1 fully saturated rings. The third kappa shape index (κ3) is 7.70. The summed E-state index contributed by atoms with van der Waals surface area (Å²) in [6, 6.07) is 56.5. The normalized spacial score (nSPS) is 23.4. The van der Waals surface area contributed by atoms with Gasteiger partial charge in [-0.2, -0.15) is 0 Å². The zero-order valence-corrected chi connectivity index (χ0v) is 56.0. The number of hydrogen-bond donors (Lipinski definition) is 0. The van der Waals surface area contributed by atoms with E-state index in [0.717, 1.165) is 66.2 Å². The molecule has 0 N–H and O–H groups in total. The predicted molar refractivity (Wildman–Crippen MR) is 376 cm³/mol. The SMILES string of the molecule is CC(C)(C)c1ccc(-c2ccc3c(c2)C2(C)CCCCC2(C)N3c2cc3c4c(c2)N(c2cccc5oc6ccccc6c25)c2cc5c(cc2B4c2cc4c(cc2N3c2ccc3c(c2)C(C)(C)CCC3(C)C)C(C)(C)CCC4(C)C)C(C)(C)CC5(C)C)cc1. The van der Waals surface area contributed by atoms with E-state index in [2.05, 4.69) is 272 Å². The fourth-order valence-corrected chi connectivity index (χ4v) is 19.3. The molecular formula is C83H92BN3O. The highest BCUT2D eigenvalue weighted by atomic mass is 16.3. The molecule has 5 heteroatoms. The molecule has 0 bridgehead atoms. The smallest absolute Gasteiger partial charge is 0.252 e. The van der Waals surface area contributed by atoms with Gasteiger partial charge in [0.2, 0.25) is 0 Å². The minimum absolute atomic E-state index is 0.00275. The van der Waals surface area contributed by atoms with Gasteiger partial charge in [0.05, 0.1) is 16.6 Å². The molecule has 1 aromatic heterocycles. The van der Waals surface area contributed by atoms with Crippen LogP contribution in [0, 0.1) is 0 Å². The van der Waals surface area contributed by atoms with Crippen molar-refractivity contribution in [3.05, 3.63) is 184 Å². The molecule has 0 spiro atoms. The number of anilines is 8. The Morgan fingerprint density at radius 1 is 0.398 bits per heavy atom. The second kappa shape index (κ2) is 17.9. The lowest BCUT2D eigenvalue weighted by Gasteiger charge is -2.51. The second-order valence-electron chi connectivity index (χ2n) is 34.1. The van der Waals surface area contributed by atoms with E-state index < -0.39 is 0 Å².